The van der Waals surface area contributed by atoms with Gasteiger partial charge < -0.3 is 9.47 Å². The Balaban J connectivity index is 2.58. The highest BCUT2D eigenvalue weighted by atomic mass is 16.5. The highest BCUT2D eigenvalue weighted by Crippen LogP contribution is 2.23. The molecule has 5 nitrogen and oxygen atoms in total. The van der Waals surface area contributed by atoms with Gasteiger partial charge in [0, 0.05) is 11.1 Å². The van der Waals surface area contributed by atoms with Crippen molar-refractivity contribution < 1.29 is 14.3 Å². The molecule has 0 unspecified atom stereocenters. The number of carbonyl (C=O) groups is 1. The summed E-state index contributed by atoms with van der Waals surface area (Å²) in [4.78, 5) is 12.5. The van der Waals surface area contributed by atoms with Gasteiger partial charge in [0.15, 0.2) is 5.76 Å². The van der Waals surface area contributed by atoms with E-state index in [1.54, 1.807) is 60.7 Å². The topological polar surface area (TPSA) is 83.1 Å². The molecule has 22 heavy (non-hydrogen) atoms. The van der Waals surface area contributed by atoms with Crippen molar-refractivity contribution in [1.29, 1.82) is 10.5 Å². The molecule has 0 aliphatic rings. The summed E-state index contributed by atoms with van der Waals surface area (Å²) in [6, 6.07) is 16.8. The van der Waals surface area contributed by atoms with E-state index >= 15 is 0 Å². The number of nitrogens with zero attached hydrogens (tertiary/aromatic N) is 2. The van der Waals surface area contributed by atoms with Gasteiger partial charge in [0.2, 0.25) is 11.5 Å². The van der Waals surface area contributed by atoms with Crippen molar-refractivity contribution >= 4 is 11.5 Å². The molecular weight excluding hydrogens is 280 g/mol. The van der Waals surface area contributed by atoms with E-state index in [0.717, 1.165) is 0 Å². The van der Waals surface area contributed by atoms with Crippen LogP contribution in [-0.2, 0) is 9.47 Å². The minimum absolute atomic E-state index is 0.0986. The smallest absolute Gasteiger partial charge is 0.292 e. The number of benzene rings is 2. The Bertz CT molecular complexity index is 769. The van der Waals surface area contributed by atoms with Gasteiger partial charge in [-0.05, 0) is 0 Å². The number of rotatable bonds is 5. The Morgan fingerprint density at radius 2 is 1.27 bits per heavy atom. The molecule has 2 aromatic carbocycles. The number of ether oxygens (including phenoxy) is 2. The molecular formula is C17H10N2O3. The van der Waals surface area contributed by atoms with E-state index in [2.05, 4.69) is 0 Å². The Kier molecular flexibility index (Phi) is 4.90. The fraction of sp³-hybridized carbons (Fsp3) is 0. The second-order valence-corrected chi connectivity index (χ2v) is 4.11. The summed E-state index contributed by atoms with van der Waals surface area (Å²) in [6.45, 7) is 0. The Hall–Kier alpha value is -3.57. The first-order valence-corrected chi connectivity index (χ1v) is 6.29. The summed E-state index contributed by atoms with van der Waals surface area (Å²) < 4.78 is 9.66. The van der Waals surface area contributed by atoms with E-state index in [1.807, 2.05) is 0 Å². The summed E-state index contributed by atoms with van der Waals surface area (Å²) >= 11 is 0. The van der Waals surface area contributed by atoms with Crippen LogP contribution in [0.25, 0.3) is 5.76 Å². The number of ketones is 1. The molecule has 0 bridgehead atoms. The fourth-order valence-corrected chi connectivity index (χ4v) is 1.83. The summed E-state index contributed by atoms with van der Waals surface area (Å²) in [5, 5.41) is 17.6. The predicted octanol–water partition coefficient (Wildman–Crippen LogP) is 3.23. The predicted molar refractivity (Wildman–Crippen MR) is 77.5 cm³/mol. The van der Waals surface area contributed by atoms with E-state index in [4.69, 9.17) is 20.0 Å². The van der Waals surface area contributed by atoms with Crippen LogP contribution in [0.4, 0.5) is 0 Å². The van der Waals surface area contributed by atoms with Crippen LogP contribution in [0, 0.1) is 23.0 Å². The van der Waals surface area contributed by atoms with Crippen molar-refractivity contribution in [2.24, 2.45) is 0 Å². The molecule has 0 N–H and O–H groups in total. The van der Waals surface area contributed by atoms with Gasteiger partial charge in [0.05, 0.1) is 0 Å². The van der Waals surface area contributed by atoms with Crippen molar-refractivity contribution in [2.45, 2.75) is 0 Å². The van der Waals surface area contributed by atoms with Gasteiger partial charge in [0.25, 0.3) is 12.5 Å². The van der Waals surface area contributed by atoms with Crippen LogP contribution >= 0.6 is 0 Å². The average Bonchev–Trinajstić information content (AvgIpc) is 2.59. The van der Waals surface area contributed by atoms with Gasteiger partial charge >= 0.3 is 0 Å². The summed E-state index contributed by atoms with van der Waals surface area (Å²) in [7, 11) is 0. The Labute approximate surface area is 127 Å². The van der Waals surface area contributed by atoms with Crippen LogP contribution in [0.1, 0.15) is 15.9 Å². The minimum atomic E-state index is -0.545. The van der Waals surface area contributed by atoms with E-state index in [1.165, 1.54) is 12.5 Å². The zero-order chi connectivity index (χ0) is 15.8. The van der Waals surface area contributed by atoms with Crippen LogP contribution in [-0.4, -0.2) is 5.78 Å². The average molecular weight is 290 g/mol. The van der Waals surface area contributed by atoms with Crippen molar-refractivity contribution in [3.8, 4) is 12.5 Å². The number of carbonyl (C=O) groups excluding carboxylic acids is 1. The number of Topliss-reactive ketones (excluding diaryl/α,β-unsaturated/α-hetero) is 1. The largest absolute Gasteiger partial charge is 0.383 e. The van der Waals surface area contributed by atoms with E-state index in [9.17, 15) is 4.79 Å². The Morgan fingerprint density at radius 1 is 0.773 bits per heavy atom. The maximum Gasteiger partial charge on any atom is 0.292 e. The summed E-state index contributed by atoms with van der Waals surface area (Å²) in [6.07, 6.45) is 2.97. The quantitative estimate of drug-likeness (QED) is 0.365. The lowest BCUT2D eigenvalue weighted by Gasteiger charge is -2.09. The highest BCUT2D eigenvalue weighted by Gasteiger charge is 2.23. The lowest BCUT2D eigenvalue weighted by atomic mass is 10.1. The van der Waals surface area contributed by atoms with Gasteiger partial charge in [-0.3, -0.25) is 4.79 Å². The van der Waals surface area contributed by atoms with E-state index < -0.39 is 5.78 Å². The zero-order valence-electron chi connectivity index (χ0n) is 11.4. The molecule has 0 saturated heterocycles. The van der Waals surface area contributed by atoms with Crippen molar-refractivity contribution in [2.75, 3.05) is 0 Å². The van der Waals surface area contributed by atoms with Crippen molar-refractivity contribution in [3.05, 3.63) is 77.5 Å². The highest BCUT2D eigenvalue weighted by molar-refractivity contribution is 6.11. The minimum Gasteiger partial charge on any atom is -0.383 e. The standard InChI is InChI=1S/C17H10N2O3/c18-11-21-16(14-9-5-2-6-10-14)17(22-12-19)15(20)13-7-3-1-4-8-13/h1-10H. The molecule has 0 amide bonds. The molecule has 0 saturated carbocycles. The molecule has 106 valence electrons. The second-order valence-electron chi connectivity index (χ2n) is 4.11. The zero-order valence-corrected chi connectivity index (χ0v) is 11.4. The molecule has 0 heterocycles. The normalized spacial score (nSPS) is 10.6. The van der Waals surface area contributed by atoms with Gasteiger partial charge in [0.1, 0.15) is 0 Å². The molecule has 5 heteroatoms. The fourth-order valence-electron chi connectivity index (χ4n) is 1.83. The Morgan fingerprint density at radius 3 is 1.77 bits per heavy atom. The van der Waals surface area contributed by atoms with Crippen LogP contribution < -0.4 is 0 Å². The van der Waals surface area contributed by atoms with E-state index in [-0.39, 0.29) is 11.5 Å². The van der Waals surface area contributed by atoms with Crippen LogP contribution in [0.3, 0.4) is 0 Å². The van der Waals surface area contributed by atoms with Crippen LogP contribution in [0.15, 0.2) is 66.4 Å². The lowest BCUT2D eigenvalue weighted by Crippen LogP contribution is -2.09. The lowest BCUT2D eigenvalue weighted by molar-refractivity contribution is 0.0972. The summed E-state index contributed by atoms with van der Waals surface area (Å²) in [5.41, 5.74) is 0.779. The van der Waals surface area contributed by atoms with Gasteiger partial charge in [-0.25, -0.2) is 0 Å². The first-order valence-electron chi connectivity index (χ1n) is 6.29. The van der Waals surface area contributed by atoms with Crippen LogP contribution in [0.2, 0.25) is 0 Å². The first kappa shape index (κ1) is 14.8. The number of hydrogen-bond acceptors (Lipinski definition) is 5. The molecule has 0 atom stereocenters. The third kappa shape index (κ3) is 3.30. The molecule has 0 radical (unpaired) electrons. The van der Waals surface area contributed by atoms with Crippen molar-refractivity contribution in [3.63, 3.8) is 0 Å². The SMILES string of the molecule is N#COC(C(=O)c1ccccc1)=C(OC#N)c1ccccc1. The second kappa shape index (κ2) is 7.28. The molecule has 0 spiro atoms. The van der Waals surface area contributed by atoms with Gasteiger partial charge in [-0.1, -0.05) is 60.7 Å². The van der Waals surface area contributed by atoms with Gasteiger partial charge in [-0.15, -0.1) is 10.5 Å². The maximum atomic E-state index is 12.5. The van der Waals surface area contributed by atoms with Gasteiger partial charge in [-0.2, -0.15) is 0 Å². The van der Waals surface area contributed by atoms with Crippen LogP contribution in [0.5, 0.6) is 0 Å². The third-order valence-corrected chi connectivity index (χ3v) is 2.78. The number of hydrogen-bond donors (Lipinski definition) is 0. The first-order chi connectivity index (χ1) is 10.8. The molecule has 2 aromatic rings. The molecule has 0 aliphatic heterocycles. The molecule has 2 rings (SSSR count). The molecule has 0 aromatic heterocycles. The summed E-state index contributed by atoms with van der Waals surface area (Å²) in [5.74, 6) is -0.976. The molecule has 0 fully saturated rings. The molecule has 0 aliphatic carbocycles. The monoisotopic (exact) mass is 290 g/mol. The van der Waals surface area contributed by atoms with E-state index in [0.29, 0.717) is 11.1 Å². The third-order valence-electron chi connectivity index (χ3n) is 2.78. The number of nitriles is 2. The van der Waals surface area contributed by atoms with Crippen molar-refractivity contribution in [1.82, 2.24) is 0 Å². The maximum absolute atomic E-state index is 12.5. The number of allylic oxidation sites excluding steroid dienone is 1.